The van der Waals surface area contributed by atoms with E-state index >= 15 is 0 Å². The number of carbonyl (C=O) groups excluding carboxylic acids is 2. The van der Waals surface area contributed by atoms with E-state index in [1.807, 2.05) is 18.4 Å². The molecule has 0 bridgehead atoms. The van der Waals surface area contributed by atoms with Crippen LogP contribution in [0.15, 0.2) is 34.3 Å². The number of nitrogens with zero attached hydrogens (tertiary/aromatic N) is 3. The van der Waals surface area contributed by atoms with Crippen LogP contribution >= 0.6 is 27.3 Å². The Morgan fingerprint density at radius 3 is 2.96 bits per heavy atom. The van der Waals surface area contributed by atoms with Crippen molar-refractivity contribution in [2.75, 3.05) is 18.4 Å². The first-order valence-electron chi connectivity index (χ1n) is 8.33. The van der Waals surface area contributed by atoms with Crippen molar-refractivity contribution in [2.24, 2.45) is 5.92 Å². The third-order valence-electron chi connectivity index (χ3n) is 4.12. The Morgan fingerprint density at radius 1 is 1.42 bits per heavy atom. The Balaban J connectivity index is 1.57. The average Bonchev–Trinajstić information content (AvgIpc) is 3.07. The molecule has 2 amide bonds. The highest BCUT2D eigenvalue weighted by Crippen LogP contribution is 2.19. The predicted octanol–water partition coefficient (Wildman–Crippen LogP) is 3.50. The molecule has 0 spiro atoms. The molecular weight excluding hydrogens is 416 g/mol. The summed E-state index contributed by atoms with van der Waals surface area (Å²) in [6.45, 7) is 3.01. The van der Waals surface area contributed by atoms with Crippen molar-refractivity contribution in [1.29, 1.82) is 0 Å². The fourth-order valence-corrected chi connectivity index (χ4v) is 3.60. The quantitative estimate of drug-likeness (QED) is 0.747. The number of pyridine rings is 1. The molecule has 1 fully saturated rings. The van der Waals surface area contributed by atoms with Crippen molar-refractivity contribution in [3.63, 3.8) is 0 Å². The summed E-state index contributed by atoms with van der Waals surface area (Å²) < 4.78 is 0.854. The van der Waals surface area contributed by atoms with Crippen LogP contribution in [0.2, 0.25) is 0 Å². The van der Waals surface area contributed by atoms with E-state index in [-0.39, 0.29) is 17.7 Å². The summed E-state index contributed by atoms with van der Waals surface area (Å²) in [6.07, 6.45) is 6.46. The number of thiazole rings is 1. The van der Waals surface area contributed by atoms with E-state index in [2.05, 4.69) is 31.2 Å². The van der Waals surface area contributed by atoms with E-state index < -0.39 is 0 Å². The standard InChI is InChI=1S/C18H19BrN4O2S/c1-12-21-15(11-26-12)5-7-17(24)23-8-2-3-13(10-23)18(25)22-16-6-4-14(19)9-20-16/h4-7,9,11,13H,2-3,8,10H2,1H3,(H,20,22,25)/b7-5+. The Bertz CT molecular complexity index is 819. The van der Waals surface area contributed by atoms with E-state index in [1.54, 1.807) is 34.6 Å². The second-order valence-electron chi connectivity index (χ2n) is 6.10. The van der Waals surface area contributed by atoms with E-state index in [9.17, 15) is 9.59 Å². The van der Waals surface area contributed by atoms with Gasteiger partial charge in [-0.1, -0.05) is 0 Å². The van der Waals surface area contributed by atoms with Crippen LogP contribution < -0.4 is 5.32 Å². The van der Waals surface area contributed by atoms with Crippen LogP contribution in [0.3, 0.4) is 0 Å². The minimum atomic E-state index is -0.229. The number of piperidine rings is 1. The SMILES string of the molecule is Cc1nc(/C=C/C(=O)N2CCCC(C(=O)Nc3ccc(Br)cn3)C2)cs1. The minimum absolute atomic E-state index is 0.0880. The molecule has 0 aliphatic carbocycles. The van der Waals surface area contributed by atoms with Gasteiger partial charge >= 0.3 is 0 Å². The maximum absolute atomic E-state index is 12.5. The lowest BCUT2D eigenvalue weighted by atomic mass is 9.97. The van der Waals surface area contributed by atoms with Crippen LogP contribution in [0.5, 0.6) is 0 Å². The Labute approximate surface area is 164 Å². The van der Waals surface area contributed by atoms with Gasteiger partial charge in [0.1, 0.15) is 5.82 Å². The molecule has 0 radical (unpaired) electrons. The third kappa shape index (κ3) is 4.98. The number of nitrogens with one attached hydrogen (secondary N) is 1. The summed E-state index contributed by atoms with van der Waals surface area (Å²) in [5, 5.41) is 5.70. The van der Waals surface area contributed by atoms with Crippen LogP contribution in [0, 0.1) is 12.8 Å². The van der Waals surface area contributed by atoms with Gasteiger partial charge in [0.2, 0.25) is 11.8 Å². The molecule has 6 nitrogen and oxygen atoms in total. The second-order valence-corrected chi connectivity index (χ2v) is 8.08. The smallest absolute Gasteiger partial charge is 0.246 e. The lowest BCUT2D eigenvalue weighted by molar-refractivity contribution is -0.130. The zero-order valence-electron chi connectivity index (χ0n) is 14.3. The van der Waals surface area contributed by atoms with Gasteiger partial charge in [-0.25, -0.2) is 9.97 Å². The number of halogens is 1. The number of rotatable bonds is 4. The number of likely N-dealkylation sites (tertiary alicyclic amines) is 1. The molecule has 1 saturated heterocycles. The molecule has 0 aromatic carbocycles. The molecule has 3 heterocycles. The van der Waals surface area contributed by atoms with Crippen molar-refractivity contribution >= 4 is 51.0 Å². The van der Waals surface area contributed by atoms with Crippen molar-refractivity contribution in [1.82, 2.24) is 14.9 Å². The summed E-state index contributed by atoms with van der Waals surface area (Å²) in [6, 6.07) is 3.57. The Kier molecular flexibility index (Phi) is 6.16. The molecule has 2 aromatic rings. The lowest BCUT2D eigenvalue weighted by Gasteiger charge is -2.31. The fraction of sp³-hybridized carbons (Fsp3) is 0.333. The molecule has 3 rings (SSSR count). The summed E-state index contributed by atoms with van der Waals surface area (Å²) in [7, 11) is 0. The Hall–Kier alpha value is -2.06. The number of anilines is 1. The van der Waals surface area contributed by atoms with Gasteiger partial charge in [0.05, 0.1) is 16.6 Å². The second kappa shape index (κ2) is 8.55. The van der Waals surface area contributed by atoms with E-state index in [0.717, 1.165) is 28.0 Å². The highest BCUT2D eigenvalue weighted by molar-refractivity contribution is 9.10. The van der Waals surface area contributed by atoms with E-state index in [1.165, 1.54) is 6.08 Å². The Morgan fingerprint density at radius 2 is 2.27 bits per heavy atom. The van der Waals surface area contributed by atoms with Crippen molar-refractivity contribution < 1.29 is 9.59 Å². The van der Waals surface area contributed by atoms with Gasteiger partial charge in [0.15, 0.2) is 0 Å². The van der Waals surface area contributed by atoms with Gasteiger partial charge in [-0.05, 0) is 53.9 Å². The topological polar surface area (TPSA) is 75.2 Å². The molecule has 26 heavy (non-hydrogen) atoms. The lowest BCUT2D eigenvalue weighted by Crippen LogP contribution is -2.43. The van der Waals surface area contributed by atoms with E-state index in [0.29, 0.717) is 18.9 Å². The largest absolute Gasteiger partial charge is 0.338 e. The van der Waals surface area contributed by atoms with Crippen LogP contribution in [0.25, 0.3) is 6.08 Å². The van der Waals surface area contributed by atoms with Gasteiger partial charge in [-0.15, -0.1) is 11.3 Å². The first-order chi connectivity index (χ1) is 12.5. The average molecular weight is 435 g/mol. The molecule has 1 atom stereocenters. The summed E-state index contributed by atoms with van der Waals surface area (Å²) >= 11 is 4.86. The van der Waals surface area contributed by atoms with Crippen molar-refractivity contribution in [3.8, 4) is 0 Å². The zero-order valence-corrected chi connectivity index (χ0v) is 16.7. The molecule has 1 N–H and O–H groups in total. The van der Waals surface area contributed by atoms with Crippen LogP contribution in [-0.4, -0.2) is 39.8 Å². The minimum Gasteiger partial charge on any atom is -0.338 e. The van der Waals surface area contributed by atoms with Gasteiger partial charge in [0.25, 0.3) is 0 Å². The van der Waals surface area contributed by atoms with Gasteiger partial charge < -0.3 is 10.2 Å². The number of aromatic nitrogens is 2. The molecule has 2 aromatic heterocycles. The molecule has 8 heteroatoms. The van der Waals surface area contributed by atoms with Gasteiger partial charge in [-0.3, -0.25) is 9.59 Å². The molecule has 136 valence electrons. The first-order valence-corrected chi connectivity index (χ1v) is 10.00. The molecular formula is C18H19BrN4O2S. The first kappa shape index (κ1) is 18.7. The molecule has 1 aliphatic heterocycles. The van der Waals surface area contributed by atoms with Gasteiger partial charge in [0, 0.05) is 35.2 Å². The molecule has 0 saturated carbocycles. The van der Waals surface area contributed by atoms with E-state index in [4.69, 9.17) is 0 Å². The summed E-state index contributed by atoms with van der Waals surface area (Å²) in [5.74, 6) is 0.0971. The fourth-order valence-electron chi connectivity index (χ4n) is 2.79. The number of carbonyl (C=O) groups is 2. The summed E-state index contributed by atoms with van der Waals surface area (Å²) in [4.78, 5) is 35.1. The molecule has 1 unspecified atom stereocenters. The maximum Gasteiger partial charge on any atom is 0.246 e. The number of hydrogen-bond acceptors (Lipinski definition) is 5. The highest BCUT2D eigenvalue weighted by atomic mass is 79.9. The normalized spacial score (nSPS) is 17.5. The zero-order chi connectivity index (χ0) is 18.5. The van der Waals surface area contributed by atoms with Gasteiger partial charge in [-0.2, -0.15) is 0 Å². The molecule has 1 aliphatic rings. The monoisotopic (exact) mass is 434 g/mol. The predicted molar refractivity (Wildman–Crippen MR) is 106 cm³/mol. The van der Waals surface area contributed by atoms with Crippen LogP contribution in [-0.2, 0) is 9.59 Å². The van der Waals surface area contributed by atoms with Crippen molar-refractivity contribution in [3.05, 3.63) is 45.0 Å². The van der Waals surface area contributed by atoms with Crippen molar-refractivity contribution in [2.45, 2.75) is 19.8 Å². The maximum atomic E-state index is 12.5. The highest BCUT2D eigenvalue weighted by Gasteiger charge is 2.27. The summed E-state index contributed by atoms with van der Waals surface area (Å²) in [5.41, 5.74) is 0.786. The van der Waals surface area contributed by atoms with Crippen LogP contribution in [0.1, 0.15) is 23.5 Å². The number of amides is 2. The number of aryl methyl sites for hydroxylation is 1. The number of hydrogen-bond donors (Lipinski definition) is 1. The third-order valence-corrected chi connectivity index (χ3v) is 5.38. The van der Waals surface area contributed by atoms with Crippen LogP contribution in [0.4, 0.5) is 5.82 Å².